The van der Waals surface area contributed by atoms with Gasteiger partial charge in [0.25, 0.3) is 11.6 Å². The van der Waals surface area contributed by atoms with Crippen LogP contribution in [0.2, 0.25) is 0 Å². The van der Waals surface area contributed by atoms with Crippen LogP contribution in [0.4, 0.5) is 11.4 Å². The number of rotatable bonds is 6. The number of fused-ring (bicyclic) bond motifs is 1. The van der Waals surface area contributed by atoms with Gasteiger partial charge in [-0.1, -0.05) is 54.1 Å². The van der Waals surface area contributed by atoms with Crippen LogP contribution in [0, 0.1) is 17.0 Å². The lowest BCUT2D eigenvalue weighted by atomic mass is 10.00. The number of nitrogens with one attached hydrogen (secondary N) is 1. The van der Waals surface area contributed by atoms with Gasteiger partial charge in [0.1, 0.15) is 0 Å². The zero-order chi connectivity index (χ0) is 22.0. The Balaban J connectivity index is 1.59. The molecule has 0 spiro atoms. The molecule has 0 bridgehead atoms. The lowest BCUT2D eigenvalue weighted by molar-refractivity contribution is -0.384. The van der Waals surface area contributed by atoms with Crippen molar-refractivity contribution in [3.05, 3.63) is 105 Å². The number of nitrogens with zero attached hydrogens (tertiary/aromatic N) is 2. The van der Waals surface area contributed by atoms with E-state index in [0.717, 1.165) is 16.7 Å². The number of nitro groups is 1. The minimum Gasteiger partial charge on any atom is -0.327 e. The molecule has 1 aliphatic heterocycles. The van der Waals surface area contributed by atoms with Crippen LogP contribution in [-0.4, -0.2) is 21.6 Å². The van der Waals surface area contributed by atoms with Gasteiger partial charge in [-0.05, 0) is 30.2 Å². The number of hydrogen-bond donors (Lipinski definition) is 1. The Labute approximate surface area is 179 Å². The summed E-state index contributed by atoms with van der Waals surface area (Å²) in [7, 11) is 0. The van der Waals surface area contributed by atoms with Gasteiger partial charge in [-0.15, -0.1) is 0 Å². The van der Waals surface area contributed by atoms with Crippen LogP contribution in [-0.2, 0) is 11.3 Å². The van der Waals surface area contributed by atoms with Gasteiger partial charge in [-0.3, -0.25) is 19.7 Å². The van der Waals surface area contributed by atoms with E-state index in [0.29, 0.717) is 17.8 Å². The first-order valence-electron chi connectivity index (χ1n) is 9.92. The highest BCUT2D eigenvalue weighted by atomic mass is 16.6. The molecule has 0 aliphatic carbocycles. The molecule has 0 fully saturated rings. The van der Waals surface area contributed by atoms with E-state index < -0.39 is 11.0 Å². The number of carbonyl (C=O) groups excluding carboxylic acids is 2. The van der Waals surface area contributed by atoms with Crippen molar-refractivity contribution in [1.82, 2.24) is 4.90 Å². The summed E-state index contributed by atoms with van der Waals surface area (Å²) >= 11 is 0. The zero-order valence-electron chi connectivity index (χ0n) is 16.9. The summed E-state index contributed by atoms with van der Waals surface area (Å²) in [4.78, 5) is 38.1. The highest BCUT2D eigenvalue weighted by Gasteiger charge is 2.34. The SMILES string of the molecule is Cc1ccc(C(CC(=O)Nc2cccc([N+](=O)[O-])c2)N2Cc3ccccc3C2=O)cc1. The van der Waals surface area contributed by atoms with Gasteiger partial charge in [0, 0.05) is 29.9 Å². The van der Waals surface area contributed by atoms with Crippen molar-refractivity contribution in [3.8, 4) is 0 Å². The predicted molar refractivity (Wildman–Crippen MR) is 117 cm³/mol. The largest absolute Gasteiger partial charge is 0.327 e. The Morgan fingerprint density at radius 3 is 2.55 bits per heavy atom. The second-order valence-corrected chi connectivity index (χ2v) is 7.58. The van der Waals surface area contributed by atoms with Crippen LogP contribution in [0.25, 0.3) is 0 Å². The third-order valence-electron chi connectivity index (χ3n) is 5.41. The third-order valence-corrected chi connectivity index (χ3v) is 5.41. The summed E-state index contributed by atoms with van der Waals surface area (Å²) in [5, 5.41) is 13.7. The standard InChI is InChI=1S/C24H21N3O4/c1-16-9-11-17(12-10-16)22(26-15-18-5-2-3-8-21(18)24(26)29)14-23(28)25-19-6-4-7-20(13-19)27(30)31/h2-13,22H,14-15H2,1H3,(H,25,28). The molecule has 1 aliphatic rings. The first kappa shape index (κ1) is 20.3. The van der Waals surface area contributed by atoms with E-state index >= 15 is 0 Å². The van der Waals surface area contributed by atoms with E-state index in [1.165, 1.54) is 18.2 Å². The number of benzene rings is 3. The molecule has 2 amide bonds. The van der Waals surface area contributed by atoms with Gasteiger partial charge in [0.2, 0.25) is 5.91 Å². The summed E-state index contributed by atoms with van der Waals surface area (Å²) in [6.45, 7) is 2.41. The second kappa shape index (κ2) is 8.39. The molecule has 3 aromatic carbocycles. The second-order valence-electron chi connectivity index (χ2n) is 7.58. The number of nitro benzene ring substituents is 1. The average molecular weight is 415 g/mol. The maximum atomic E-state index is 13.1. The van der Waals surface area contributed by atoms with Crippen molar-refractivity contribution < 1.29 is 14.5 Å². The minimum absolute atomic E-state index is 0.0332. The molecule has 31 heavy (non-hydrogen) atoms. The topological polar surface area (TPSA) is 92.5 Å². The molecular formula is C24H21N3O4. The van der Waals surface area contributed by atoms with Gasteiger partial charge in [0.15, 0.2) is 0 Å². The number of aryl methyl sites for hydroxylation is 1. The molecule has 0 radical (unpaired) electrons. The first-order chi connectivity index (χ1) is 14.9. The van der Waals surface area contributed by atoms with Crippen LogP contribution in [0.1, 0.15) is 39.5 Å². The normalized spacial score (nSPS) is 13.6. The summed E-state index contributed by atoms with van der Waals surface area (Å²) in [5.41, 5.74) is 3.78. The summed E-state index contributed by atoms with van der Waals surface area (Å²) in [6, 6.07) is 20.5. The maximum absolute atomic E-state index is 13.1. The maximum Gasteiger partial charge on any atom is 0.271 e. The van der Waals surface area contributed by atoms with Crippen molar-refractivity contribution in [3.63, 3.8) is 0 Å². The Kier molecular flexibility index (Phi) is 5.49. The molecule has 7 nitrogen and oxygen atoms in total. The first-order valence-corrected chi connectivity index (χ1v) is 9.92. The van der Waals surface area contributed by atoms with Crippen molar-refractivity contribution in [2.24, 2.45) is 0 Å². The minimum atomic E-state index is -0.509. The van der Waals surface area contributed by atoms with Crippen LogP contribution in [0.5, 0.6) is 0 Å². The van der Waals surface area contributed by atoms with Gasteiger partial charge < -0.3 is 10.2 Å². The van der Waals surface area contributed by atoms with Crippen LogP contribution in [0.15, 0.2) is 72.8 Å². The fraction of sp³-hybridized carbons (Fsp3) is 0.167. The number of hydrogen-bond acceptors (Lipinski definition) is 4. The Morgan fingerprint density at radius 2 is 1.84 bits per heavy atom. The fourth-order valence-corrected chi connectivity index (χ4v) is 3.81. The van der Waals surface area contributed by atoms with Crippen LogP contribution in [0.3, 0.4) is 0 Å². The molecule has 0 saturated carbocycles. The van der Waals surface area contributed by atoms with E-state index in [1.807, 2.05) is 49.4 Å². The molecular weight excluding hydrogens is 394 g/mol. The molecule has 4 rings (SSSR count). The monoisotopic (exact) mass is 415 g/mol. The molecule has 1 heterocycles. The van der Waals surface area contributed by atoms with Gasteiger partial charge in [-0.2, -0.15) is 0 Å². The van der Waals surface area contributed by atoms with Crippen LogP contribution >= 0.6 is 0 Å². The summed E-state index contributed by atoms with van der Waals surface area (Å²) in [6.07, 6.45) is 0.0332. The van der Waals surface area contributed by atoms with E-state index in [4.69, 9.17) is 0 Å². The summed E-state index contributed by atoms with van der Waals surface area (Å²) in [5.74, 6) is -0.431. The number of non-ortho nitro benzene ring substituents is 1. The number of carbonyl (C=O) groups is 2. The van der Waals surface area contributed by atoms with Crippen molar-refractivity contribution in [1.29, 1.82) is 0 Å². The van der Waals surface area contributed by atoms with E-state index in [2.05, 4.69) is 5.32 Å². The lowest BCUT2D eigenvalue weighted by Gasteiger charge is -2.28. The molecule has 0 aromatic heterocycles. The Hall–Kier alpha value is -4.00. The van der Waals surface area contributed by atoms with E-state index in [9.17, 15) is 19.7 Å². The van der Waals surface area contributed by atoms with Crippen molar-refractivity contribution in [2.75, 3.05) is 5.32 Å². The van der Waals surface area contributed by atoms with Gasteiger partial charge >= 0.3 is 0 Å². The highest BCUT2D eigenvalue weighted by Crippen LogP contribution is 2.34. The lowest BCUT2D eigenvalue weighted by Crippen LogP contribution is -2.32. The number of anilines is 1. The summed E-state index contributed by atoms with van der Waals surface area (Å²) < 4.78 is 0. The van der Waals surface area contributed by atoms with E-state index in [1.54, 1.807) is 17.0 Å². The van der Waals surface area contributed by atoms with Crippen LogP contribution < -0.4 is 5.32 Å². The smallest absolute Gasteiger partial charge is 0.271 e. The molecule has 0 saturated heterocycles. The molecule has 1 atom stereocenters. The molecule has 7 heteroatoms. The molecule has 1 unspecified atom stereocenters. The Morgan fingerprint density at radius 1 is 1.10 bits per heavy atom. The van der Waals surface area contributed by atoms with Gasteiger partial charge in [-0.25, -0.2) is 0 Å². The Bertz CT molecular complexity index is 1160. The molecule has 156 valence electrons. The predicted octanol–water partition coefficient (Wildman–Crippen LogP) is 4.63. The fourth-order valence-electron chi connectivity index (χ4n) is 3.81. The van der Waals surface area contributed by atoms with Gasteiger partial charge in [0.05, 0.1) is 17.4 Å². The third kappa shape index (κ3) is 4.30. The quantitative estimate of drug-likeness (QED) is 0.469. The average Bonchev–Trinajstić information content (AvgIpc) is 3.09. The van der Waals surface area contributed by atoms with E-state index in [-0.39, 0.29) is 23.9 Å². The zero-order valence-corrected chi connectivity index (χ0v) is 16.9. The van der Waals surface area contributed by atoms with Crippen molar-refractivity contribution >= 4 is 23.2 Å². The number of amides is 2. The molecule has 1 N–H and O–H groups in total. The van der Waals surface area contributed by atoms with Crippen molar-refractivity contribution in [2.45, 2.75) is 25.9 Å². The highest BCUT2D eigenvalue weighted by molar-refractivity contribution is 5.99. The molecule has 3 aromatic rings.